The summed E-state index contributed by atoms with van der Waals surface area (Å²) < 4.78 is 1.85. The van der Waals surface area contributed by atoms with Crippen LogP contribution in [0.1, 0.15) is 28.1 Å². The number of nitrogens with one attached hydrogen (secondary N) is 2. The first-order chi connectivity index (χ1) is 10.6. The lowest BCUT2D eigenvalue weighted by molar-refractivity contribution is -0.123. The molecule has 1 atom stereocenters. The van der Waals surface area contributed by atoms with Gasteiger partial charge in [0.2, 0.25) is 5.91 Å². The van der Waals surface area contributed by atoms with Crippen LogP contribution in [0.15, 0.2) is 24.3 Å². The molecule has 1 amide bonds. The summed E-state index contributed by atoms with van der Waals surface area (Å²) in [6, 6.07) is 8.12. The summed E-state index contributed by atoms with van der Waals surface area (Å²) in [6.45, 7) is 5.28. The second-order valence-corrected chi connectivity index (χ2v) is 5.90. The van der Waals surface area contributed by atoms with Crippen molar-refractivity contribution in [1.29, 1.82) is 0 Å². The number of hydrogen-bond acceptors (Lipinski definition) is 3. The molecule has 0 aliphatic carbocycles. The number of aromatic nitrogens is 2. The molecule has 1 aromatic heterocycles. The third-order valence-electron chi connectivity index (χ3n) is 4.50. The Bertz CT molecular complexity index is 711. The van der Waals surface area contributed by atoms with E-state index >= 15 is 0 Å². The molecular weight excluding hydrogens is 312 g/mol. The van der Waals surface area contributed by atoms with Gasteiger partial charge in [0.1, 0.15) is 0 Å². The molecule has 1 unspecified atom stereocenters. The molecule has 1 aliphatic rings. The quantitative estimate of drug-likeness (QED) is 0.899. The molecule has 23 heavy (non-hydrogen) atoms. The molecule has 0 radical (unpaired) electrons. The van der Waals surface area contributed by atoms with Crippen molar-refractivity contribution in [3.63, 3.8) is 0 Å². The molecule has 0 spiro atoms. The smallest absolute Gasteiger partial charge is 0.237 e. The van der Waals surface area contributed by atoms with Crippen molar-refractivity contribution in [3.05, 3.63) is 52.3 Å². The third kappa shape index (κ3) is 3.57. The highest BCUT2D eigenvalue weighted by molar-refractivity contribution is 5.85. The van der Waals surface area contributed by atoms with E-state index in [4.69, 9.17) is 0 Å². The van der Waals surface area contributed by atoms with Gasteiger partial charge in [0.25, 0.3) is 0 Å². The van der Waals surface area contributed by atoms with Crippen molar-refractivity contribution in [2.45, 2.75) is 39.4 Å². The Morgan fingerprint density at radius 2 is 2.04 bits per heavy atom. The van der Waals surface area contributed by atoms with Gasteiger partial charge in [-0.1, -0.05) is 24.3 Å². The lowest BCUT2D eigenvalue weighted by Gasteiger charge is -2.25. The second-order valence-electron chi connectivity index (χ2n) is 5.90. The molecule has 3 rings (SSSR count). The van der Waals surface area contributed by atoms with Crippen molar-refractivity contribution >= 4 is 18.3 Å². The van der Waals surface area contributed by atoms with E-state index < -0.39 is 0 Å². The Hall–Kier alpha value is -1.85. The highest BCUT2D eigenvalue weighted by atomic mass is 35.5. The number of benzene rings is 1. The van der Waals surface area contributed by atoms with Crippen LogP contribution in [0.4, 0.5) is 0 Å². The number of amides is 1. The van der Waals surface area contributed by atoms with E-state index in [0.29, 0.717) is 6.54 Å². The Labute approximate surface area is 142 Å². The van der Waals surface area contributed by atoms with Gasteiger partial charge in [-0.3, -0.25) is 9.48 Å². The molecule has 6 heteroatoms. The summed E-state index contributed by atoms with van der Waals surface area (Å²) in [5, 5.41) is 10.7. The molecule has 1 aromatic carbocycles. The molecule has 1 aliphatic heterocycles. The summed E-state index contributed by atoms with van der Waals surface area (Å²) in [7, 11) is 1.92. The average molecular weight is 335 g/mol. The lowest BCUT2D eigenvalue weighted by Crippen LogP contribution is -2.47. The van der Waals surface area contributed by atoms with Gasteiger partial charge in [-0.15, -0.1) is 12.4 Å². The summed E-state index contributed by atoms with van der Waals surface area (Å²) in [5.41, 5.74) is 5.72. The van der Waals surface area contributed by atoms with Crippen LogP contribution in [0.25, 0.3) is 0 Å². The fourth-order valence-corrected chi connectivity index (χ4v) is 3.01. The monoisotopic (exact) mass is 334 g/mol. The number of carbonyl (C=O) groups is 1. The molecule has 0 bridgehead atoms. The largest absolute Gasteiger partial charge is 0.351 e. The van der Waals surface area contributed by atoms with Crippen LogP contribution in [0, 0.1) is 13.8 Å². The predicted molar refractivity (Wildman–Crippen MR) is 92.6 cm³/mol. The topological polar surface area (TPSA) is 59.0 Å². The summed E-state index contributed by atoms with van der Waals surface area (Å²) in [5.74, 6) is 0.0529. The minimum absolute atomic E-state index is 0. The molecule has 2 N–H and O–H groups in total. The van der Waals surface area contributed by atoms with E-state index in [2.05, 4.69) is 27.9 Å². The van der Waals surface area contributed by atoms with Gasteiger partial charge in [0.15, 0.2) is 0 Å². The zero-order valence-electron chi connectivity index (χ0n) is 13.7. The van der Waals surface area contributed by atoms with Crippen LogP contribution in [0.2, 0.25) is 0 Å². The highest BCUT2D eigenvalue weighted by Gasteiger charge is 2.24. The standard InChI is InChI=1S/C17H22N4O.ClH/c1-11-15(12(2)21(3)20-11)10-19-17(22)16-8-13-6-4-5-7-14(13)9-18-16;/h4-7,16,18H,8-10H2,1-3H3,(H,19,22);1H. The number of nitrogens with zero attached hydrogens (tertiary/aromatic N) is 2. The Kier molecular flexibility index (Phi) is 5.44. The van der Waals surface area contributed by atoms with E-state index in [1.807, 2.05) is 37.7 Å². The van der Waals surface area contributed by atoms with Crippen molar-refractivity contribution in [1.82, 2.24) is 20.4 Å². The number of halogens is 1. The summed E-state index contributed by atoms with van der Waals surface area (Å²) in [6.07, 6.45) is 0.743. The Balaban J connectivity index is 0.00000192. The predicted octanol–water partition coefficient (Wildman–Crippen LogP) is 1.79. The number of rotatable bonds is 3. The van der Waals surface area contributed by atoms with Crippen LogP contribution in [-0.4, -0.2) is 21.7 Å². The zero-order valence-corrected chi connectivity index (χ0v) is 14.5. The normalized spacial score (nSPS) is 16.4. The highest BCUT2D eigenvalue weighted by Crippen LogP contribution is 2.17. The second kappa shape index (κ2) is 7.15. The van der Waals surface area contributed by atoms with E-state index in [1.165, 1.54) is 11.1 Å². The van der Waals surface area contributed by atoms with Crippen molar-refractivity contribution in [3.8, 4) is 0 Å². The molecule has 5 nitrogen and oxygen atoms in total. The van der Waals surface area contributed by atoms with Crippen LogP contribution < -0.4 is 10.6 Å². The molecule has 124 valence electrons. The first-order valence-electron chi connectivity index (χ1n) is 7.63. The average Bonchev–Trinajstić information content (AvgIpc) is 2.77. The maximum absolute atomic E-state index is 12.4. The number of hydrogen-bond donors (Lipinski definition) is 2. The maximum atomic E-state index is 12.4. The van der Waals surface area contributed by atoms with Gasteiger partial charge in [0.05, 0.1) is 11.7 Å². The van der Waals surface area contributed by atoms with Gasteiger partial charge in [-0.25, -0.2) is 0 Å². The molecule has 0 saturated heterocycles. The number of fused-ring (bicyclic) bond motifs is 1. The molecule has 0 fully saturated rings. The van der Waals surface area contributed by atoms with Gasteiger partial charge >= 0.3 is 0 Å². The fraction of sp³-hybridized carbons (Fsp3) is 0.412. The number of aryl methyl sites for hydroxylation is 2. The summed E-state index contributed by atoms with van der Waals surface area (Å²) in [4.78, 5) is 12.4. The SMILES string of the molecule is Cc1nn(C)c(C)c1CNC(=O)C1Cc2ccccc2CN1.Cl. The molecule has 2 heterocycles. The maximum Gasteiger partial charge on any atom is 0.237 e. The van der Waals surface area contributed by atoms with Gasteiger partial charge in [-0.2, -0.15) is 5.10 Å². The minimum atomic E-state index is -0.160. The van der Waals surface area contributed by atoms with Crippen LogP contribution in [0.5, 0.6) is 0 Å². The Morgan fingerprint density at radius 1 is 1.35 bits per heavy atom. The Morgan fingerprint density at radius 3 is 2.70 bits per heavy atom. The van der Waals surface area contributed by atoms with Crippen LogP contribution >= 0.6 is 12.4 Å². The summed E-state index contributed by atoms with van der Waals surface area (Å²) >= 11 is 0. The van der Waals surface area contributed by atoms with Crippen molar-refractivity contribution in [2.75, 3.05) is 0 Å². The van der Waals surface area contributed by atoms with Gasteiger partial charge in [-0.05, 0) is 31.4 Å². The van der Waals surface area contributed by atoms with E-state index in [9.17, 15) is 4.79 Å². The van der Waals surface area contributed by atoms with Crippen molar-refractivity contribution < 1.29 is 4.79 Å². The molecular formula is C17H23ClN4O. The van der Waals surface area contributed by atoms with E-state index in [-0.39, 0.29) is 24.4 Å². The molecule has 2 aromatic rings. The first kappa shape index (κ1) is 17.5. The van der Waals surface area contributed by atoms with E-state index in [0.717, 1.165) is 29.9 Å². The van der Waals surface area contributed by atoms with Crippen LogP contribution in [-0.2, 0) is 31.4 Å². The fourth-order valence-electron chi connectivity index (χ4n) is 3.01. The van der Waals surface area contributed by atoms with Gasteiger partial charge in [0, 0.05) is 31.4 Å². The first-order valence-corrected chi connectivity index (χ1v) is 7.63. The van der Waals surface area contributed by atoms with E-state index in [1.54, 1.807) is 0 Å². The van der Waals surface area contributed by atoms with Gasteiger partial charge < -0.3 is 10.6 Å². The lowest BCUT2D eigenvalue weighted by atomic mass is 9.95. The minimum Gasteiger partial charge on any atom is -0.351 e. The van der Waals surface area contributed by atoms with Crippen LogP contribution in [0.3, 0.4) is 0 Å². The number of carbonyl (C=O) groups excluding carboxylic acids is 1. The molecule has 0 saturated carbocycles. The third-order valence-corrected chi connectivity index (χ3v) is 4.50. The zero-order chi connectivity index (χ0) is 15.7. The van der Waals surface area contributed by atoms with Crippen molar-refractivity contribution in [2.24, 2.45) is 7.05 Å².